The molecule has 0 heterocycles. The van der Waals surface area contributed by atoms with E-state index in [1.165, 1.54) is 0 Å². The molecule has 0 bridgehead atoms. The summed E-state index contributed by atoms with van der Waals surface area (Å²) in [6.07, 6.45) is 0. The second-order valence-corrected chi connectivity index (χ2v) is 27.6. The Kier molecular flexibility index (Phi) is 16.0. The molecule has 0 N–H and O–H groups in total. The maximum Gasteiger partial charge on any atom is 0.381 e. The van der Waals surface area contributed by atoms with Crippen molar-refractivity contribution in [1.82, 2.24) is 0 Å². The Balaban J connectivity index is 0. The molecule has 0 fully saturated rings. The molecule has 0 saturated carbocycles. The second kappa shape index (κ2) is 14.5. The molecule has 12 heteroatoms. The van der Waals surface area contributed by atoms with Crippen LogP contribution in [0.2, 0.25) is 26.2 Å². The zero-order valence-corrected chi connectivity index (χ0v) is 24.1. The number of hydrogen-bond donors (Lipinski definition) is 0. The van der Waals surface area contributed by atoms with Crippen LogP contribution < -0.4 is 0 Å². The van der Waals surface area contributed by atoms with Gasteiger partial charge < -0.3 is 35.4 Å². The highest BCUT2D eigenvalue weighted by Crippen LogP contribution is 2.24. The summed E-state index contributed by atoms with van der Waals surface area (Å²) in [7, 11) is -2.66. The van der Waals surface area contributed by atoms with Gasteiger partial charge in [-0.25, -0.2) is 0 Å². The first-order valence-electron chi connectivity index (χ1n) is 9.75. The molecule has 0 saturated heterocycles. The van der Waals surface area contributed by atoms with Crippen LogP contribution in [0, 0.1) is 0 Å². The predicted molar refractivity (Wildman–Crippen MR) is 121 cm³/mol. The van der Waals surface area contributed by atoms with Gasteiger partial charge in [-0.15, -0.1) is 0 Å². The minimum absolute atomic E-state index is 0.644. The average molecular weight is 477 g/mol. The summed E-state index contributed by atoms with van der Waals surface area (Å²) in [5, 5.41) is 0. The molecule has 0 unspecified atom stereocenters. The van der Waals surface area contributed by atoms with Gasteiger partial charge in [-0.1, -0.05) is 0 Å². The third-order valence-electron chi connectivity index (χ3n) is 4.89. The number of rotatable bonds is 14. The molecular formula is C16H44O8Si4. The summed E-state index contributed by atoms with van der Waals surface area (Å²) < 4.78 is 44.9. The molecule has 8 nitrogen and oxygen atoms in total. The van der Waals surface area contributed by atoms with E-state index in [1.54, 1.807) is 28.4 Å². The fourth-order valence-electron chi connectivity index (χ4n) is 2.62. The van der Waals surface area contributed by atoms with E-state index in [-0.39, 0.29) is 0 Å². The molecule has 0 aliphatic heterocycles. The summed E-state index contributed by atoms with van der Waals surface area (Å²) in [5.74, 6) is 0. The van der Waals surface area contributed by atoms with Crippen molar-refractivity contribution in [2.24, 2.45) is 0 Å². The lowest BCUT2D eigenvalue weighted by Crippen LogP contribution is -2.67. The second-order valence-electron chi connectivity index (χ2n) is 6.33. The standard InChI is InChI=1S/C10H26O4Si2.C6H18O4Si2/c1-7-11-15(5,12-8-2)16(6,13-9-3)14-10-4;1-7-11(5,8-2)12(6,9-3)10-4/h7-10H2,1-6H3;1-6H3. The fourth-order valence-corrected chi connectivity index (χ4v) is 17.2. The Hall–Kier alpha value is 0.548. The zero-order chi connectivity index (χ0) is 22.5. The van der Waals surface area contributed by atoms with Gasteiger partial charge in [0.25, 0.3) is 0 Å². The molecule has 172 valence electrons. The smallest absolute Gasteiger partial charge is 0.381 e. The van der Waals surface area contributed by atoms with Crippen LogP contribution in [0.3, 0.4) is 0 Å². The van der Waals surface area contributed by atoms with E-state index in [0.29, 0.717) is 26.4 Å². The number of hydrogen-bond acceptors (Lipinski definition) is 8. The van der Waals surface area contributed by atoms with Gasteiger partial charge in [-0.3, -0.25) is 0 Å². The quantitative estimate of drug-likeness (QED) is 0.354. The van der Waals surface area contributed by atoms with Gasteiger partial charge in [0.2, 0.25) is 0 Å². The molecule has 0 rings (SSSR count). The molecule has 0 amide bonds. The SMILES string of the molecule is CCO[Si](C)(OCC)[Si](C)(OCC)OCC.CO[Si](C)(OC)[Si](C)(OC)OC. The monoisotopic (exact) mass is 476 g/mol. The van der Waals surface area contributed by atoms with Crippen molar-refractivity contribution in [2.75, 3.05) is 54.9 Å². The van der Waals surface area contributed by atoms with Crippen LogP contribution in [0.1, 0.15) is 27.7 Å². The van der Waals surface area contributed by atoms with Crippen LogP contribution in [0.4, 0.5) is 0 Å². The predicted octanol–water partition coefficient (Wildman–Crippen LogP) is 3.15. The van der Waals surface area contributed by atoms with Crippen molar-refractivity contribution in [3.05, 3.63) is 0 Å². The first kappa shape index (κ1) is 30.7. The maximum atomic E-state index is 5.87. The minimum Gasteiger partial charge on any atom is -0.397 e. The highest BCUT2D eigenvalue weighted by Gasteiger charge is 2.58. The molecule has 0 aromatic carbocycles. The van der Waals surface area contributed by atoms with Gasteiger partial charge >= 0.3 is 32.3 Å². The highest BCUT2D eigenvalue weighted by atomic mass is 29.3. The van der Waals surface area contributed by atoms with Crippen molar-refractivity contribution in [3.8, 4) is 0 Å². The van der Waals surface area contributed by atoms with Crippen LogP contribution in [0.25, 0.3) is 0 Å². The topological polar surface area (TPSA) is 73.8 Å². The van der Waals surface area contributed by atoms with E-state index in [2.05, 4.69) is 13.1 Å². The van der Waals surface area contributed by atoms with Gasteiger partial charge in [0.05, 0.1) is 0 Å². The molecule has 0 aromatic heterocycles. The summed E-state index contributed by atoms with van der Waals surface area (Å²) >= 11 is 0. The third-order valence-corrected chi connectivity index (χ3v) is 28.7. The zero-order valence-electron chi connectivity index (χ0n) is 20.1. The van der Waals surface area contributed by atoms with Gasteiger partial charge in [0.15, 0.2) is 0 Å². The largest absolute Gasteiger partial charge is 0.397 e. The molecule has 0 aromatic rings. The van der Waals surface area contributed by atoms with Crippen molar-refractivity contribution < 1.29 is 35.4 Å². The summed E-state index contributed by atoms with van der Waals surface area (Å²) in [6, 6.07) is 0. The average Bonchev–Trinajstić information content (AvgIpc) is 2.67. The van der Waals surface area contributed by atoms with Crippen LogP contribution in [0.5, 0.6) is 0 Å². The maximum absolute atomic E-state index is 5.87. The Labute approximate surface area is 176 Å². The first-order chi connectivity index (χ1) is 13.0. The fraction of sp³-hybridized carbons (Fsp3) is 1.00. The van der Waals surface area contributed by atoms with Crippen molar-refractivity contribution >= 4 is 32.3 Å². The lowest BCUT2D eigenvalue weighted by molar-refractivity contribution is 0.151. The van der Waals surface area contributed by atoms with Gasteiger partial charge in [0, 0.05) is 54.9 Å². The van der Waals surface area contributed by atoms with E-state index < -0.39 is 32.3 Å². The Bertz CT molecular complexity index is 347. The molecular weight excluding hydrogens is 433 g/mol. The van der Waals surface area contributed by atoms with Gasteiger partial charge in [-0.05, 0) is 53.9 Å². The summed E-state index contributed by atoms with van der Waals surface area (Å²) in [6.45, 7) is 18.5. The Morgan fingerprint density at radius 3 is 0.679 bits per heavy atom. The lowest BCUT2D eigenvalue weighted by atomic mass is 10.9. The van der Waals surface area contributed by atoms with E-state index in [0.717, 1.165) is 0 Å². The summed E-state index contributed by atoms with van der Waals surface area (Å²) in [5.41, 5.74) is 0. The van der Waals surface area contributed by atoms with Gasteiger partial charge in [0.1, 0.15) is 0 Å². The lowest BCUT2D eigenvalue weighted by Gasteiger charge is -2.38. The van der Waals surface area contributed by atoms with Crippen LogP contribution in [0.15, 0.2) is 0 Å². The van der Waals surface area contributed by atoms with E-state index >= 15 is 0 Å². The van der Waals surface area contributed by atoms with Crippen LogP contribution >= 0.6 is 0 Å². The molecule has 0 aliphatic rings. The molecule has 28 heavy (non-hydrogen) atoms. The van der Waals surface area contributed by atoms with Gasteiger partial charge in [-0.2, -0.15) is 0 Å². The van der Waals surface area contributed by atoms with E-state index in [9.17, 15) is 0 Å². The molecule has 0 aliphatic carbocycles. The highest BCUT2D eigenvalue weighted by molar-refractivity contribution is 7.31. The van der Waals surface area contributed by atoms with Crippen molar-refractivity contribution in [2.45, 2.75) is 53.9 Å². The third kappa shape index (κ3) is 8.00. The Morgan fingerprint density at radius 1 is 0.393 bits per heavy atom. The molecule has 0 atom stereocenters. The van der Waals surface area contributed by atoms with Crippen molar-refractivity contribution in [1.29, 1.82) is 0 Å². The van der Waals surface area contributed by atoms with Crippen LogP contribution in [-0.2, 0) is 35.4 Å². The van der Waals surface area contributed by atoms with Crippen molar-refractivity contribution in [3.63, 3.8) is 0 Å². The molecule has 0 radical (unpaired) electrons. The van der Waals surface area contributed by atoms with E-state index in [1.807, 2.05) is 40.8 Å². The first-order valence-corrected chi connectivity index (χ1v) is 21.0. The van der Waals surface area contributed by atoms with Crippen LogP contribution in [-0.4, -0.2) is 87.2 Å². The molecule has 0 spiro atoms. The summed E-state index contributed by atoms with van der Waals surface area (Å²) in [4.78, 5) is 0. The van der Waals surface area contributed by atoms with E-state index in [4.69, 9.17) is 35.4 Å². The normalized spacial score (nSPS) is 13.3. The Morgan fingerprint density at radius 2 is 0.571 bits per heavy atom. The minimum atomic E-state index is -2.35.